The molecule has 0 saturated heterocycles. The molecule has 4 heteroatoms. The van der Waals surface area contributed by atoms with Gasteiger partial charge in [0.2, 0.25) is 0 Å². The molecule has 1 fully saturated rings. The maximum absolute atomic E-state index is 10.4. The van der Waals surface area contributed by atoms with Gasteiger partial charge in [-0.2, -0.15) is 0 Å². The summed E-state index contributed by atoms with van der Waals surface area (Å²) in [5.74, 6) is 0.195. The summed E-state index contributed by atoms with van der Waals surface area (Å²) >= 11 is 0. The first-order valence-corrected chi connectivity index (χ1v) is 3.93. The molecule has 1 saturated carbocycles. The predicted octanol–water partition coefficient (Wildman–Crippen LogP) is 1.33. The maximum Gasteiger partial charge on any atom is 0.357 e. The first-order valence-electron chi connectivity index (χ1n) is 3.93. The zero-order valence-corrected chi connectivity index (χ0v) is 6.49. The van der Waals surface area contributed by atoms with Gasteiger partial charge in [0, 0.05) is 6.42 Å². The van der Waals surface area contributed by atoms with E-state index in [1.165, 1.54) is 19.1 Å². The number of carboxylic acid groups (broad SMARTS) is 1. The Morgan fingerprint density at radius 2 is 2.50 bits per heavy atom. The van der Waals surface area contributed by atoms with Crippen molar-refractivity contribution in [3.05, 3.63) is 17.8 Å². The molecular formula is C8H9NO3. The molecule has 1 aliphatic rings. The smallest absolute Gasteiger partial charge is 0.357 e. The van der Waals surface area contributed by atoms with E-state index in [1.807, 2.05) is 0 Å². The van der Waals surface area contributed by atoms with Gasteiger partial charge in [-0.1, -0.05) is 0 Å². The quantitative estimate of drug-likeness (QED) is 0.737. The Hall–Kier alpha value is -1.32. The highest BCUT2D eigenvalue weighted by atomic mass is 16.4. The molecule has 1 N–H and O–H groups in total. The normalized spacial score (nSPS) is 16.3. The van der Waals surface area contributed by atoms with Gasteiger partial charge in [-0.25, -0.2) is 9.78 Å². The van der Waals surface area contributed by atoms with Crippen molar-refractivity contribution in [2.24, 2.45) is 5.92 Å². The second-order valence-electron chi connectivity index (χ2n) is 3.08. The summed E-state index contributed by atoms with van der Waals surface area (Å²) in [6.45, 7) is 0. The largest absolute Gasteiger partial charge is 0.476 e. The van der Waals surface area contributed by atoms with Crippen molar-refractivity contribution in [1.29, 1.82) is 0 Å². The topological polar surface area (TPSA) is 63.3 Å². The second-order valence-corrected chi connectivity index (χ2v) is 3.08. The van der Waals surface area contributed by atoms with E-state index in [9.17, 15) is 4.79 Å². The number of rotatable bonds is 3. The van der Waals surface area contributed by atoms with Crippen LogP contribution in [-0.2, 0) is 6.42 Å². The molecule has 1 heterocycles. The average Bonchev–Trinajstić information content (AvgIpc) is 2.66. The standard InChI is InChI=1S/C8H9NO3/c10-8(11)6-4-12-7(9-6)3-5-1-2-5/h4-5H,1-3H2,(H,10,11). The zero-order valence-electron chi connectivity index (χ0n) is 6.49. The number of nitrogens with zero attached hydrogens (tertiary/aromatic N) is 1. The van der Waals surface area contributed by atoms with Crippen LogP contribution in [0.3, 0.4) is 0 Å². The van der Waals surface area contributed by atoms with E-state index in [0.29, 0.717) is 11.8 Å². The van der Waals surface area contributed by atoms with Crippen LogP contribution in [0.25, 0.3) is 0 Å². The van der Waals surface area contributed by atoms with E-state index < -0.39 is 5.97 Å². The Labute approximate surface area is 69.2 Å². The molecule has 1 aliphatic carbocycles. The van der Waals surface area contributed by atoms with E-state index in [2.05, 4.69) is 4.98 Å². The first-order chi connectivity index (χ1) is 5.75. The van der Waals surface area contributed by atoms with Gasteiger partial charge >= 0.3 is 5.97 Å². The van der Waals surface area contributed by atoms with Gasteiger partial charge in [-0.15, -0.1) is 0 Å². The van der Waals surface area contributed by atoms with Crippen molar-refractivity contribution >= 4 is 5.97 Å². The Morgan fingerprint density at radius 3 is 3.00 bits per heavy atom. The van der Waals surface area contributed by atoms with Crippen LogP contribution in [0.2, 0.25) is 0 Å². The third kappa shape index (κ3) is 1.47. The molecule has 2 rings (SSSR count). The summed E-state index contributed by atoms with van der Waals surface area (Å²) in [5.41, 5.74) is 0.00523. The number of hydrogen-bond donors (Lipinski definition) is 1. The molecule has 0 spiro atoms. The highest BCUT2D eigenvalue weighted by Gasteiger charge is 2.24. The molecule has 0 unspecified atom stereocenters. The molecule has 0 amide bonds. The van der Waals surface area contributed by atoms with Crippen molar-refractivity contribution in [2.75, 3.05) is 0 Å². The third-order valence-electron chi connectivity index (χ3n) is 1.93. The van der Waals surface area contributed by atoms with E-state index in [0.717, 1.165) is 6.42 Å². The summed E-state index contributed by atoms with van der Waals surface area (Å²) in [6.07, 6.45) is 4.41. The maximum atomic E-state index is 10.4. The van der Waals surface area contributed by atoms with Crippen molar-refractivity contribution in [1.82, 2.24) is 4.98 Å². The van der Waals surface area contributed by atoms with Gasteiger partial charge in [0.1, 0.15) is 6.26 Å². The fraction of sp³-hybridized carbons (Fsp3) is 0.500. The van der Waals surface area contributed by atoms with Crippen LogP contribution in [0.5, 0.6) is 0 Å². The van der Waals surface area contributed by atoms with Gasteiger partial charge in [-0.05, 0) is 18.8 Å². The van der Waals surface area contributed by atoms with Crippen molar-refractivity contribution in [2.45, 2.75) is 19.3 Å². The highest BCUT2D eigenvalue weighted by molar-refractivity contribution is 5.84. The van der Waals surface area contributed by atoms with Crippen molar-refractivity contribution in [3.63, 3.8) is 0 Å². The van der Waals surface area contributed by atoms with Crippen LogP contribution < -0.4 is 0 Å². The number of aromatic nitrogens is 1. The highest BCUT2D eigenvalue weighted by Crippen LogP contribution is 2.32. The lowest BCUT2D eigenvalue weighted by Gasteiger charge is -1.87. The van der Waals surface area contributed by atoms with E-state index >= 15 is 0 Å². The Balaban J connectivity index is 2.06. The molecule has 0 atom stereocenters. The van der Waals surface area contributed by atoms with Crippen LogP contribution in [-0.4, -0.2) is 16.1 Å². The number of carboxylic acids is 1. The monoisotopic (exact) mass is 167 g/mol. The molecule has 12 heavy (non-hydrogen) atoms. The number of aromatic carboxylic acids is 1. The molecule has 4 nitrogen and oxygen atoms in total. The van der Waals surface area contributed by atoms with E-state index in [4.69, 9.17) is 9.52 Å². The minimum atomic E-state index is -1.03. The molecule has 0 bridgehead atoms. The molecule has 1 aromatic heterocycles. The average molecular weight is 167 g/mol. The third-order valence-corrected chi connectivity index (χ3v) is 1.93. The van der Waals surface area contributed by atoms with Gasteiger partial charge in [0.05, 0.1) is 0 Å². The van der Waals surface area contributed by atoms with E-state index in [1.54, 1.807) is 0 Å². The molecule has 0 aliphatic heterocycles. The molecule has 1 aromatic rings. The van der Waals surface area contributed by atoms with Crippen molar-refractivity contribution < 1.29 is 14.3 Å². The lowest BCUT2D eigenvalue weighted by Crippen LogP contribution is -1.96. The van der Waals surface area contributed by atoms with Crippen LogP contribution in [0.4, 0.5) is 0 Å². The van der Waals surface area contributed by atoms with E-state index in [-0.39, 0.29) is 5.69 Å². The fourth-order valence-electron chi connectivity index (χ4n) is 1.07. The van der Waals surface area contributed by atoms with Crippen LogP contribution in [0.1, 0.15) is 29.2 Å². The lowest BCUT2D eigenvalue weighted by atomic mass is 10.3. The van der Waals surface area contributed by atoms with Gasteiger partial charge < -0.3 is 9.52 Å². The lowest BCUT2D eigenvalue weighted by molar-refractivity contribution is 0.0690. The summed E-state index contributed by atoms with van der Waals surface area (Å²) < 4.78 is 4.98. The van der Waals surface area contributed by atoms with Gasteiger partial charge in [0.25, 0.3) is 0 Å². The predicted molar refractivity (Wildman–Crippen MR) is 39.9 cm³/mol. The minimum Gasteiger partial charge on any atom is -0.476 e. The summed E-state index contributed by atoms with van der Waals surface area (Å²) in [4.78, 5) is 14.2. The van der Waals surface area contributed by atoms with Crippen LogP contribution in [0, 0.1) is 5.92 Å². The number of carbonyl (C=O) groups is 1. The Kier molecular flexibility index (Phi) is 1.60. The summed E-state index contributed by atoms with van der Waals surface area (Å²) in [5, 5.41) is 8.53. The first kappa shape index (κ1) is 7.34. The molecule has 64 valence electrons. The zero-order chi connectivity index (χ0) is 8.55. The molecule has 0 radical (unpaired) electrons. The fourth-order valence-corrected chi connectivity index (χ4v) is 1.07. The SMILES string of the molecule is O=C(O)c1coc(CC2CC2)n1. The van der Waals surface area contributed by atoms with Crippen LogP contribution in [0.15, 0.2) is 10.7 Å². The molecule has 0 aromatic carbocycles. The van der Waals surface area contributed by atoms with Crippen LogP contribution >= 0.6 is 0 Å². The minimum absolute atomic E-state index is 0.00523. The Morgan fingerprint density at radius 1 is 1.75 bits per heavy atom. The number of hydrogen-bond acceptors (Lipinski definition) is 3. The summed E-state index contributed by atoms with van der Waals surface area (Å²) in [7, 11) is 0. The van der Waals surface area contributed by atoms with Gasteiger partial charge in [0.15, 0.2) is 11.6 Å². The summed E-state index contributed by atoms with van der Waals surface area (Å²) in [6, 6.07) is 0. The molecular weight excluding hydrogens is 158 g/mol. The van der Waals surface area contributed by atoms with Gasteiger partial charge in [-0.3, -0.25) is 0 Å². The Bertz CT molecular complexity index is 301. The second kappa shape index (κ2) is 2.62. The number of oxazole rings is 1. The van der Waals surface area contributed by atoms with Crippen molar-refractivity contribution in [3.8, 4) is 0 Å².